The molecule has 0 aliphatic heterocycles. The molecule has 0 unspecified atom stereocenters. The molecule has 0 fully saturated rings. The second kappa shape index (κ2) is 11.2. The van der Waals surface area contributed by atoms with Crippen LogP contribution in [0.4, 0.5) is 32.0 Å². The second-order valence-electron chi connectivity index (χ2n) is 5.47. The quantitative estimate of drug-likeness (QED) is 0.330. The number of hydrogen-bond acceptors (Lipinski definition) is 3. The average molecular weight is 512 g/mol. The molecule has 3 N–H and O–H groups in total. The van der Waals surface area contributed by atoms with Crippen LogP contribution >= 0.6 is 19.4 Å². The van der Waals surface area contributed by atoms with Gasteiger partial charge in [0, 0.05) is 10.7 Å². The number of halogens is 7. The van der Waals surface area contributed by atoms with Crippen LogP contribution in [0.25, 0.3) is 0 Å². The van der Waals surface area contributed by atoms with Crippen molar-refractivity contribution >= 4 is 90.1 Å². The molecule has 0 aromatic heterocycles. The fourth-order valence-electron chi connectivity index (χ4n) is 2.11. The third kappa shape index (κ3) is 9.24. The van der Waals surface area contributed by atoms with Crippen LogP contribution in [0.15, 0.2) is 36.4 Å². The average Bonchev–Trinajstić information content (AvgIpc) is 2.53. The van der Waals surface area contributed by atoms with Crippen molar-refractivity contribution in [1.82, 2.24) is 0 Å². The van der Waals surface area contributed by atoms with Gasteiger partial charge in [-0.1, -0.05) is 11.6 Å². The molecule has 0 saturated heterocycles. The molecule has 2 rings (SSSR count). The molecule has 2 aromatic rings. The number of benzene rings is 2. The maximum atomic E-state index is 12.9. The number of carbonyl (C=O) groups excluding carboxylic acids is 1. The van der Waals surface area contributed by atoms with Crippen LogP contribution in [0.2, 0.25) is 5.02 Å². The van der Waals surface area contributed by atoms with Gasteiger partial charge in [-0.25, -0.2) is 4.57 Å². The summed E-state index contributed by atoms with van der Waals surface area (Å²) in [5.74, 6) is -2.01. The second-order valence-corrected chi connectivity index (χ2v) is 7.07. The summed E-state index contributed by atoms with van der Waals surface area (Å²) in [4.78, 5) is 30.1. The van der Waals surface area contributed by atoms with Crippen LogP contribution in [0.1, 0.15) is 21.5 Å². The Morgan fingerprint density at radius 1 is 0.935 bits per heavy atom. The van der Waals surface area contributed by atoms with E-state index in [-0.39, 0.29) is 82.3 Å². The molecule has 6 nitrogen and oxygen atoms in total. The van der Waals surface area contributed by atoms with Crippen molar-refractivity contribution in [2.45, 2.75) is 12.4 Å². The number of alkyl halides is 6. The number of anilines is 1. The van der Waals surface area contributed by atoms with E-state index in [9.17, 15) is 35.7 Å². The van der Waals surface area contributed by atoms with Gasteiger partial charge in [0.15, 0.2) is 0 Å². The molecule has 31 heavy (non-hydrogen) atoms. The number of nitrogens with one attached hydrogen (secondary N) is 1. The molecular weight excluding hydrogens is 501 g/mol. The summed E-state index contributed by atoms with van der Waals surface area (Å²) in [7, 11) is -5.13. The van der Waals surface area contributed by atoms with Crippen LogP contribution in [-0.2, 0) is 16.9 Å². The molecule has 16 heteroatoms. The number of hydrogen-bond donors (Lipinski definition) is 3. The Balaban J connectivity index is 0.00000450. The summed E-state index contributed by atoms with van der Waals surface area (Å²) in [5.41, 5.74) is -4.83. The Kier molecular flexibility index (Phi) is 11.1. The first kappa shape index (κ1) is 30.7. The van der Waals surface area contributed by atoms with Gasteiger partial charge in [-0.15, -0.1) is 0 Å². The van der Waals surface area contributed by atoms with E-state index in [1.807, 2.05) is 0 Å². The van der Waals surface area contributed by atoms with Gasteiger partial charge >= 0.3 is 79.3 Å². The number of phosphoric ester groups is 1. The van der Waals surface area contributed by atoms with E-state index < -0.39 is 54.2 Å². The third-order valence-corrected chi connectivity index (χ3v) is 3.92. The molecule has 0 heterocycles. The van der Waals surface area contributed by atoms with E-state index >= 15 is 0 Å². The van der Waals surface area contributed by atoms with Crippen molar-refractivity contribution < 1.29 is 50.0 Å². The van der Waals surface area contributed by atoms with E-state index in [2.05, 4.69) is 4.52 Å². The monoisotopic (exact) mass is 511 g/mol. The van der Waals surface area contributed by atoms with Gasteiger partial charge in [0.25, 0.3) is 5.91 Å². The fraction of sp³-hybridized carbons (Fsp3) is 0.133. The Bertz CT molecular complexity index is 967. The van der Waals surface area contributed by atoms with Crippen LogP contribution in [0, 0.1) is 0 Å². The van der Waals surface area contributed by atoms with Crippen molar-refractivity contribution in [3.8, 4) is 5.75 Å². The van der Waals surface area contributed by atoms with Gasteiger partial charge in [0.1, 0.15) is 5.75 Å². The predicted octanol–water partition coefficient (Wildman–Crippen LogP) is 3.80. The molecule has 0 atom stereocenters. The molecule has 0 aliphatic rings. The zero-order valence-corrected chi connectivity index (χ0v) is 15.3. The summed E-state index contributed by atoms with van der Waals surface area (Å²) >= 11 is 5.68. The molecule has 0 radical (unpaired) electrons. The van der Waals surface area contributed by atoms with Crippen LogP contribution < -0.4 is 9.84 Å². The van der Waals surface area contributed by atoms with Crippen LogP contribution in [0.3, 0.4) is 0 Å². The number of carbonyl (C=O) groups is 1. The van der Waals surface area contributed by atoms with E-state index in [4.69, 9.17) is 21.4 Å². The van der Waals surface area contributed by atoms with Crippen molar-refractivity contribution in [3.63, 3.8) is 0 Å². The zero-order valence-electron chi connectivity index (χ0n) is 13.7. The van der Waals surface area contributed by atoms with Crippen molar-refractivity contribution in [2.75, 3.05) is 5.32 Å². The summed E-state index contributed by atoms with van der Waals surface area (Å²) in [5, 5.41) is 1.69. The molecule has 1 amide bonds. The molecule has 0 saturated carbocycles. The first-order valence-corrected chi connectivity index (χ1v) is 9.12. The first-order valence-electron chi connectivity index (χ1n) is 7.22. The van der Waals surface area contributed by atoms with Gasteiger partial charge in [-0.2, -0.15) is 26.3 Å². The van der Waals surface area contributed by atoms with Gasteiger partial charge in [-0.3, -0.25) is 14.6 Å². The minimum atomic E-state index is -5.13. The Morgan fingerprint density at radius 3 is 1.84 bits per heavy atom. The van der Waals surface area contributed by atoms with E-state index in [0.717, 1.165) is 18.2 Å². The Morgan fingerprint density at radius 2 is 1.42 bits per heavy atom. The molecule has 2 aromatic carbocycles. The van der Waals surface area contributed by atoms with E-state index in [1.165, 1.54) is 0 Å². The normalized spacial score (nSPS) is 11.8. The summed E-state index contributed by atoms with van der Waals surface area (Å²) in [6.07, 6.45) is -10.3. The summed E-state index contributed by atoms with van der Waals surface area (Å²) < 4.78 is 92.6. The standard InChI is InChI=1S/C15H9ClF6NO5P.2Na.2H/c16-9-1-2-12(28-29(25,26)27)11(6-9)13(24)23-10-4-7(14(17,18)19)3-8(5-10)15(20,21)22;;;;/h1-6H,(H,23,24)(H2,25,26,27);;;;. The topological polar surface area (TPSA) is 95.9 Å². The van der Waals surface area contributed by atoms with Gasteiger partial charge in [0.2, 0.25) is 0 Å². The van der Waals surface area contributed by atoms with E-state index in [0.29, 0.717) is 0 Å². The predicted molar refractivity (Wildman–Crippen MR) is 103 cm³/mol. The Labute approximate surface area is 220 Å². The summed E-state index contributed by atoms with van der Waals surface area (Å²) in [6.45, 7) is 0. The zero-order chi connectivity index (χ0) is 22.2. The van der Waals surface area contributed by atoms with Gasteiger partial charge < -0.3 is 9.84 Å². The SMILES string of the molecule is O=C(Nc1cc(C(F)(F)F)cc(C(F)(F)F)c1)c1cc(Cl)ccc1OP(=O)(O)O.[NaH].[NaH]. The van der Waals surface area contributed by atoms with Gasteiger partial charge in [0.05, 0.1) is 16.7 Å². The maximum absolute atomic E-state index is 12.9. The van der Waals surface area contributed by atoms with Crippen molar-refractivity contribution in [2.24, 2.45) is 0 Å². The van der Waals surface area contributed by atoms with Crippen LogP contribution in [0.5, 0.6) is 5.75 Å². The van der Waals surface area contributed by atoms with Crippen LogP contribution in [-0.4, -0.2) is 74.8 Å². The third-order valence-electron chi connectivity index (χ3n) is 3.25. The van der Waals surface area contributed by atoms with E-state index in [1.54, 1.807) is 5.32 Å². The van der Waals surface area contributed by atoms with Crippen molar-refractivity contribution in [1.29, 1.82) is 0 Å². The first-order chi connectivity index (χ1) is 13.1. The molecule has 162 valence electrons. The molecular formula is C15H11ClF6NNa2O5P. The molecule has 0 spiro atoms. The van der Waals surface area contributed by atoms with Crippen molar-refractivity contribution in [3.05, 3.63) is 58.1 Å². The number of phosphoric acid groups is 1. The Hall–Kier alpha value is -0.270. The summed E-state index contributed by atoms with van der Waals surface area (Å²) in [6, 6.07) is 3.25. The number of amides is 1. The van der Waals surface area contributed by atoms with Gasteiger partial charge in [-0.05, 0) is 36.4 Å². The minimum absolute atomic E-state index is 0. The number of rotatable bonds is 4. The fourth-order valence-corrected chi connectivity index (χ4v) is 2.70. The molecule has 0 bridgehead atoms. The molecule has 0 aliphatic carbocycles.